The van der Waals surface area contributed by atoms with Gasteiger partial charge in [-0.05, 0) is 53.2 Å². The third-order valence-electron chi connectivity index (χ3n) is 10.1. The Hall–Kier alpha value is -7.50. The molecule has 0 aliphatic rings. The first-order chi connectivity index (χ1) is 27.3. The van der Waals surface area contributed by atoms with E-state index < -0.39 is 0 Å². The third kappa shape index (κ3) is 5.94. The number of hydrogen-bond acceptors (Lipinski definition) is 5. The predicted molar refractivity (Wildman–Crippen MR) is 227 cm³/mol. The molecule has 0 spiro atoms. The van der Waals surface area contributed by atoms with Crippen LogP contribution >= 0.6 is 0 Å². The number of pyridine rings is 1. The minimum absolute atomic E-state index is 0.633. The van der Waals surface area contributed by atoms with Crippen LogP contribution < -0.4 is 4.90 Å². The largest absolute Gasteiger partial charge is 0.311 e. The van der Waals surface area contributed by atoms with E-state index in [0.29, 0.717) is 17.5 Å². The van der Waals surface area contributed by atoms with Crippen molar-refractivity contribution < 1.29 is 0 Å². The van der Waals surface area contributed by atoms with Crippen LogP contribution in [0, 0.1) is 0 Å². The molecule has 8 aromatic carbocycles. The van der Waals surface area contributed by atoms with Gasteiger partial charge >= 0.3 is 0 Å². The fraction of sp³-hybridized carbons (Fsp3) is 0. The molecule has 5 heteroatoms. The second-order valence-electron chi connectivity index (χ2n) is 13.5. The molecule has 0 N–H and O–H groups in total. The van der Waals surface area contributed by atoms with E-state index in [-0.39, 0.29) is 0 Å². The van der Waals surface area contributed by atoms with Crippen molar-refractivity contribution in [3.8, 4) is 45.4 Å². The lowest BCUT2D eigenvalue weighted by molar-refractivity contribution is 1.08. The zero-order valence-electron chi connectivity index (χ0n) is 29.8. The molecule has 0 aliphatic heterocycles. The van der Waals surface area contributed by atoms with Crippen LogP contribution in [0.3, 0.4) is 0 Å². The highest BCUT2D eigenvalue weighted by Crippen LogP contribution is 2.41. The summed E-state index contributed by atoms with van der Waals surface area (Å²) in [5.41, 5.74) is 9.04. The first kappa shape index (κ1) is 32.2. The van der Waals surface area contributed by atoms with E-state index >= 15 is 0 Å². The van der Waals surface area contributed by atoms with Gasteiger partial charge in [-0.2, -0.15) is 0 Å². The maximum Gasteiger partial charge on any atom is 0.164 e. The molecule has 0 amide bonds. The summed E-state index contributed by atoms with van der Waals surface area (Å²) in [4.78, 5) is 22.7. The molecule has 0 saturated carbocycles. The summed E-state index contributed by atoms with van der Waals surface area (Å²) in [6.07, 6.45) is 0. The van der Waals surface area contributed by atoms with Crippen LogP contribution in [0.25, 0.3) is 77.9 Å². The molecule has 0 radical (unpaired) electrons. The van der Waals surface area contributed by atoms with Gasteiger partial charge in [-0.15, -0.1) is 0 Å². The lowest BCUT2D eigenvalue weighted by Gasteiger charge is -2.25. The zero-order valence-corrected chi connectivity index (χ0v) is 29.8. The SMILES string of the molecule is c1ccc(-c2nc(-c3ccccc3)nc(-c3cccc4c3ccc3c(-c5ccc(N(c6ccccc6)c6ccccc6)cc5)nc5ccccc5c34)n2)cc1. The van der Waals surface area contributed by atoms with Gasteiger partial charge in [-0.1, -0.05) is 158 Å². The number of nitrogens with zero attached hydrogens (tertiary/aromatic N) is 5. The van der Waals surface area contributed by atoms with Crippen LogP contribution in [0.5, 0.6) is 0 Å². The molecule has 10 aromatic rings. The van der Waals surface area contributed by atoms with Crippen molar-refractivity contribution in [2.45, 2.75) is 0 Å². The molecule has 258 valence electrons. The number of benzene rings is 8. The highest BCUT2D eigenvalue weighted by Gasteiger charge is 2.19. The van der Waals surface area contributed by atoms with E-state index in [1.54, 1.807) is 0 Å². The molecule has 0 saturated heterocycles. The van der Waals surface area contributed by atoms with E-state index in [0.717, 1.165) is 77.5 Å². The lowest BCUT2D eigenvalue weighted by atomic mass is 9.93. The summed E-state index contributed by atoms with van der Waals surface area (Å²) in [6.45, 7) is 0. The second-order valence-corrected chi connectivity index (χ2v) is 13.5. The topological polar surface area (TPSA) is 54.8 Å². The smallest absolute Gasteiger partial charge is 0.164 e. The summed E-state index contributed by atoms with van der Waals surface area (Å²) in [6, 6.07) is 69.2. The van der Waals surface area contributed by atoms with Gasteiger partial charge in [-0.3, -0.25) is 0 Å². The van der Waals surface area contributed by atoms with Crippen molar-refractivity contribution in [3.63, 3.8) is 0 Å². The Morgan fingerprint density at radius 1 is 0.291 bits per heavy atom. The van der Waals surface area contributed by atoms with Gasteiger partial charge in [0.05, 0.1) is 11.2 Å². The Kier molecular flexibility index (Phi) is 8.08. The van der Waals surface area contributed by atoms with Crippen LogP contribution in [0.1, 0.15) is 0 Å². The van der Waals surface area contributed by atoms with Crippen molar-refractivity contribution in [1.82, 2.24) is 19.9 Å². The highest BCUT2D eigenvalue weighted by atomic mass is 15.1. The fourth-order valence-corrected chi connectivity index (χ4v) is 7.52. The van der Waals surface area contributed by atoms with Crippen LogP contribution in [-0.2, 0) is 0 Å². The molecule has 10 rings (SSSR count). The molecule has 2 aromatic heterocycles. The van der Waals surface area contributed by atoms with E-state index in [9.17, 15) is 0 Å². The molecular formula is C50H33N5. The number of rotatable bonds is 7. The first-order valence-corrected chi connectivity index (χ1v) is 18.4. The Morgan fingerprint density at radius 2 is 0.782 bits per heavy atom. The third-order valence-corrected chi connectivity index (χ3v) is 10.1. The van der Waals surface area contributed by atoms with Crippen LogP contribution in [0.4, 0.5) is 17.1 Å². The number of anilines is 3. The summed E-state index contributed by atoms with van der Waals surface area (Å²) < 4.78 is 0. The highest BCUT2D eigenvalue weighted by molar-refractivity contribution is 6.24. The van der Waals surface area contributed by atoms with Crippen molar-refractivity contribution in [2.24, 2.45) is 0 Å². The monoisotopic (exact) mass is 703 g/mol. The molecule has 0 atom stereocenters. The molecule has 2 heterocycles. The summed E-state index contributed by atoms with van der Waals surface area (Å²) in [7, 11) is 0. The van der Waals surface area contributed by atoms with Crippen LogP contribution in [0.2, 0.25) is 0 Å². The summed E-state index contributed by atoms with van der Waals surface area (Å²) in [5, 5.41) is 5.53. The zero-order chi connectivity index (χ0) is 36.6. The van der Waals surface area contributed by atoms with E-state index in [2.05, 4.69) is 132 Å². The van der Waals surface area contributed by atoms with Crippen LogP contribution in [-0.4, -0.2) is 19.9 Å². The lowest BCUT2D eigenvalue weighted by Crippen LogP contribution is -2.09. The van der Waals surface area contributed by atoms with E-state index in [1.165, 1.54) is 0 Å². The van der Waals surface area contributed by atoms with Crippen molar-refractivity contribution in [2.75, 3.05) is 4.90 Å². The molecule has 5 nitrogen and oxygen atoms in total. The Morgan fingerprint density at radius 3 is 1.40 bits per heavy atom. The number of aromatic nitrogens is 4. The standard InChI is InChI=1S/C50H33N5/c1-5-16-35(17-6-1)48-52-49(36-18-7-2-8-19-36)54-50(53-48)42-26-15-25-41-40(42)32-33-44-46(41)43-24-13-14-27-45(43)51-47(44)34-28-30-39(31-29-34)55(37-20-9-3-10-21-37)38-22-11-4-12-23-38/h1-33H. The summed E-state index contributed by atoms with van der Waals surface area (Å²) >= 11 is 0. The predicted octanol–water partition coefficient (Wildman–Crippen LogP) is 12.9. The van der Waals surface area contributed by atoms with Gasteiger partial charge in [0.15, 0.2) is 17.5 Å². The maximum absolute atomic E-state index is 5.30. The molecule has 0 aliphatic carbocycles. The fourth-order valence-electron chi connectivity index (χ4n) is 7.52. The average molecular weight is 704 g/mol. The Balaban J connectivity index is 1.15. The maximum atomic E-state index is 5.30. The van der Waals surface area contributed by atoms with Crippen molar-refractivity contribution in [3.05, 3.63) is 200 Å². The van der Waals surface area contributed by atoms with Gasteiger partial charge in [0, 0.05) is 55.5 Å². The van der Waals surface area contributed by atoms with Crippen molar-refractivity contribution >= 4 is 49.5 Å². The van der Waals surface area contributed by atoms with Gasteiger partial charge in [0.1, 0.15) is 0 Å². The van der Waals surface area contributed by atoms with E-state index in [1.807, 2.05) is 72.8 Å². The molecule has 0 fully saturated rings. The number of fused-ring (bicyclic) bond motifs is 5. The average Bonchev–Trinajstić information content (AvgIpc) is 3.27. The molecular weight excluding hydrogens is 671 g/mol. The van der Waals surface area contributed by atoms with Gasteiger partial charge < -0.3 is 4.90 Å². The van der Waals surface area contributed by atoms with Gasteiger partial charge in [0.2, 0.25) is 0 Å². The minimum Gasteiger partial charge on any atom is -0.311 e. The van der Waals surface area contributed by atoms with Crippen molar-refractivity contribution in [1.29, 1.82) is 0 Å². The van der Waals surface area contributed by atoms with Gasteiger partial charge in [-0.25, -0.2) is 19.9 Å². The Bertz CT molecular complexity index is 2850. The second kappa shape index (κ2) is 13.8. The first-order valence-electron chi connectivity index (χ1n) is 18.4. The molecule has 0 bridgehead atoms. The number of para-hydroxylation sites is 3. The van der Waals surface area contributed by atoms with E-state index in [4.69, 9.17) is 19.9 Å². The minimum atomic E-state index is 0.633. The molecule has 0 unspecified atom stereocenters. The van der Waals surface area contributed by atoms with Crippen LogP contribution in [0.15, 0.2) is 200 Å². The molecule has 55 heavy (non-hydrogen) atoms. The Labute approximate surface area is 318 Å². The normalized spacial score (nSPS) is 11.3. The van der Waals surface area contributed by atoms with Gasteiger partial charge in [0.25, 0.3) is 0 Å². The summed E-state index contributed by atoms with van der Waals surface area (Å²) in [5.74, 6) is 1.91. The quantitative estimate of drug-likeness (QED) is 0.155. The number of hydrogen-bond donors (Lipinski definition) is 0.